The second kappa shape index (κ2) is 6.12. The lowest BCUT2D eigenvalue weighted by Gasteiger charge is -2.14. The maximum absolute atomic E-state index is 6.28. The summed E-state index contributed by atoms with van der Waals surface area (Å²) in [4.78, 5) is 4.40. The first-order chi connectivity index (χ1) is 10.3. The zero-order valence-corrected chi connectivity index (χ0v) is 12.2. The van der Waals surface area contributed by atoms with Crippen molar-refractivity contribution in [2.24, 2.45) is 5.73 Å². The molecular weight excluding hydrogens is 284 g/mol. The molecule has 0 fully saturated rings. The van der Waals surface area contributed by atoms with E-state index in [1.165, 1.54) is 0 Å². The summed E-state index contributed by atoms with van der Waals surface area (Å²) in [6, 6.07) is 15.6. The Morgan fingerprint density at radius 3 is 2.67 bits per heavy atom. The molecule has 0 saturated carbocycles. The van der Waals surface area contributed by atoms with E-state index in [0.29, 0.717) is 23.9 Å². The second-order valence-electron chi connectivity index (χ2n) is 4.72. The second-order valence-corrected chi connectivity index (χ2v) is 5.13. The Bertz CT molecular complexity index is 759. The van der Waals surface area contributed by atoms with E-state index in [2.05, 4.69) is 4.98 Å². The van der Waals surface area contributed by atoms with Crippen molar-refractivity contribution in [1.82, 2.24) is 4.98 Å². The first-order valence-electron chi connectivity index (χ1n) is 6.72. The third kappa shape index (κ3) is 2.84. The molecule has 0 aliphatic heterocycles. The Morgan fingerprint density at radius 1 is 1.10 bits per heavy atom. The van der Waals surface area contributed by atoms with Crippen molar-refractivity contribution < 1.29 is 4.74 Å². The Labute approximate surface area is 128 Å². The zero-order valence-electron chi connectivity index (χ0n) is 11.4. The molecular formula is C17H15ClN2O. The number of hydrogen-bond acceptors (Lipinski definition) is 3. The fourth-order valence-corrected chi connectivity index (χ4v) is 2.55. The molecule has 2 aromatic carbocycles. The molecule has 4 heteroatoms. The number of aromatic nitrogens is 1. The molecule has 1 aromatic heterocycles. The summed E-state index contributed by atoms with van der Waals surface area (Å²) < 4.78 is 5.98. The molecule has 0 aliphatic rings. The molecule has 3 nitrogen and oxygen atoms in total. The number of nitrogens with two attached hydrogens (primary N) is 1. The monoisotopic (exact) mass is 298 g/mol. The molecule has 2 N–H and O–H groups in total. The molecule has 0 bridgehead atoms. The van der Waals surface area contributed by atoms with Crippen LogP contribution in [-0.4, -0.2) is 4.98 Å². The number of fused-ring (bicyclic) bond motifs is 1. The van der Waals surface area contributed by atoms with Crippen LogP contribution < -0.4 is 10.5 Å². The number of nitrogens with zero attached hydrogens (tertiary/aromatic N) is 1. The lowest BCUT2D eigenvalue weighted by atomic mass is 10.1. The largest absolute Gasteiger partial charge is 0.486 e. The molecule has 0 atom stereocenters. The molecule has 0 spiro atoms. The van der Waals surface area contributed by atoms with Gasteiger partial charge < -0.3 is 10.5 Å². The molecule has 0 unspecified atom stereocenters. The van der Waals surface area contributed by atoms with Crippen LogP contribution in [0.4, 0.5) is 0 Å². The van der Waals surface area contributed by atoms with E-state index < -0.39 is 0 Å². The summed E-state index contributed by atoms with van der Waals surface area (Å²) in [5.74, 6) is 0.710. The van der Waals surface area contributed by atoms with Gasteiger partial charge in [-0.2, -0.15) is 0 Å². The van der Waals surface area contributed by atoms with E-state index >= 15 is 0 Å². The quantitative estimate of drug-likeness (QED) is 0.794. The van der Waals surface area contributed by atoms with Gasteiger partial charge in [0, 0.05) is 23.7 Å². The van der Waals surface area contributed by atoms with Crippen molar-refractivity contribution in [1.29, 1.82) is 0 Å². The van der Waals surface area contributed by atoms with Gasteiger partial charge in [-0.1, -0.05) is 41.9 Å². The van der Waals surface area contributed by atoms with Crippen LogP contribution in [0.5, 0.6) is 5.75 Å². The molecule has 106 valence electrons. The highest BCUT2D eigenvalue weighted by Gasteiger charge is 2.12. The number of ether oxygens (including phenoxy) is 1. The first kappa shape index (κ1) is 13.9. The summed E-state index contributed by atoms with van der Waals surface area (Å²) in [5, 5.41) is 1.52. The van der Waals surface area contributed by atoms with Crippen LogP contribution >= 0.6 is 11.6 Å². The Kier molecular flexibility index (Phi) is 4.04. The third-order valence-electron chi connectivity index (χ3n) is 3.32. The maximum Gasteiger partial charge on any atom is 0.150 e. The summed E-state index contributed by atoms with van der Waals surface area (Å²) in [7, 11) is 0. The number of pyridine rings is 1. The van der Waals surface area contributed by atoms with Gasteiger partial charge in [-0.25, -0.2) is 0 Å². The van der Waals surface area contributed by atoms with Crippen molar-refractivity contribution in [3.63, 3.8) is 0 Å². The number of benzene rings is 2. The highest BCUT2D eigenvalue weighted by Crippen LogP contribution is 2.34. The lowest BCUT2D eigenvalue weighted by Crippen LogP contribution is -2.04. The summed E-state index contributed by atoms with van der Waals surface area (Å²) >= 11 is 6.28. The average Bonchev–Trinajstić information content (AvgIpc) is 2.55. The van der Waals surface area contributed by atoms with Crippen LogP contribution in [0.25, 0.3) is 10.9 Å². The van der Waals surface area contributed by atoms with Crippen LogP contribution in [0.1, 0.15) is 11.1 Å². The van der Waals surface area contributed by atoms with E-state index in [4.69, 9.17) is 22.1 Å². The predicted octanol–water partition coefficient (Wildman–Crippen LogP) is 3.93. The SMILES string of the molecule is NCc1cc(Cl)c2cccnc2c1OCc1ccccc1. The molecule has 0 aliphatic carbocycles. The van der Waals surface area contributed by atoms with Crippen LogP contribution in [0.2, 0.25) is 5.02 Å². The van der Waals surface area contributed by atoms with Crippen LogP contribution in [-0.2, 0) is 13.2 Å². The zero-order chi connectivity index (χ0) is 14.7. The molecule has 3 aromatic rings. The standard InChI is InChI=1S/C17H15ClN2O/c18-15-9-13(10-19)17(16-14(15)7-4-8-20-16)21-11-12-5-2-1-3-6-12/h1-9H,10-11,19H2. The molecule has 0 saturated heterocycles. The van der Waals surface area contributed by atoms with Gasteiger partial charge in [-0.15, -0.1) is 0 Å². The molecule has 0 amide bonds. The lowest BCUT2D eigenvalue weighted by molar-refractivity contribution is 0.306. The molecule has 0 radical (unpaired) electrons. The topological polar surface area (TPSA) is 48.1 Å². The number of rotatable bonds is 4. The minimum absolute atomic E-state index is 0.357. The van der Waals surface area contributed by atoms with Crippen molar-refractivity contribution in [2.75, 3.05) is 0 Å². The van der Waals surface area contributed by atoms with Gasteiger partial charge in [0.1, 0.15) is 12.1 Å². The van der Waals surface area contributed by atoms with E-state index in [-0.39, 0.29) is 0 Å². The van der Waals surface area contributed by atoms with Gasteiger partial charge in [-0.05, 0) is 23.8 Å². The van der Waals surface area contributed by atoms with Crippen molar-refractivity contribution in [3.05, 3.63) is 70.9 Å². The Morgan fingerprint density at radius 2 is 1.90 bits per heavy atom. The smallest absolute Gasteiger partial charge is 0.150 e. The van der Waals surface area contributed by atoms with Gasteiger partial charge in [0.2, 0.25) is 0 Å². The average molecular weight is 299 g/mol. The Hall–Kier alpha value is -2.10. The van der Waals surface area contributed by atoms with Gasteiger partial charge in [0.05, 0.1) is 5.02 Å². The first-order valence-corrected chi connectivity index (χ1v) is 7.10. The van der Waals surface area contributed by atoms with Crippen molar-refractivity contribution in [2.45, 2.75) is 13.2 Å². The van der Waals surface area contributed by atoms with Crippen molar-refractivity contribution >= 4 is 22.5 Å². The van der Waals surface area contributed by atoms with Gasteiger partial charge >= 0.3 is 0 Å². The summed E-state index contributed by atoms with van der Waals surface area (Å²) in [6.45, 7) is 0.831. The summed E-state index contributed by atoms with van der Waals surface area (Å²) in [5.41, 5.74) is 8.52. The third-order valence-corrected chi connectivity index (χ3v) is 3.63. The maximum atomic E-state index is 6.28. The minimum atomic E-state index is 0.357. The Balaban J connectivity index is 2.02. The van der Waals surface area contributed by atoms with Crippen LogP contribution in [0.15, 0.2) is 54.7 Å². The van der Waals surface area contributed by atoms with Gasteiger partial charge in [0.15, 0.2) is 5.75 Å². The number of halogens is 1. The van der Waals surface area contributed by atoms with Crippen LogP contribution in [0, 0.1) is 0 Å². The normalized spacial score (nSPS) is 10.8. The van der Waals surface area contributed by atoms with E-state index in [9.17, 15) is 0 Å². The number of hydrogen-bond donors (Lipinski definition) is 1. The molecule has 1 heterocycles. The van der Waals surface area contributed by atoms with Gasteiger partial charge in [0.25, 0.3) is 0 Å². The summed E-state index contributed by atoms with van der Waals surface area (Å²) in [6.07, 6.45) is 1.73. The fraction of sp³-hybridized carbons (Fsp3) is 0.118. The highest BCUT2D eigenvalue weighted by molar-refractivity contribution is 6.35. The van der Waals surface area contributed by atoms with Gasteiger partial charge in [-0.3, -0.25) is 4.98 Å². The van der Waals surface area contributed by atoms with Crippen LogP contribution in [0.3, 0.4) is 0 Å². The minimum Gasteiger partial charge on any atom is -0.486 e. The molecule has 3 rings (SSSR count). The van der Waals surface area contributed by atoms with E-state index in [1.807, 2.05) is 48.5 Å². The van der Waals surface area contributed by atoms with Crippen molar-refractivity contribution in [3.8, 4) is 5.75 Å². The van der Waals surface area contributed by atoms with E-state index in [0.717, 1.165) is 22.0 Å². The molecule has 21 heavy (non-hydrogen) atoms. The highest BCUT2D eigenvalue weighted by atomic mass is 35.5. The fourth-order valence-electron chi connectivity index (χ4n) is 2.27. The predicted molar refractivity (Wildman–Crippen MR) is 85.4 cm³/mol. The van der Waals surface area contributed by atoms with E-state index in [1.54, 1.807) is 6.20 Å².